The number of benzene rings is 1. The summed E-state index contributed by atoms with van der Waals surface area (Å²) in [5.74, 6) is -0.531. The first-order valence-electron chi connectivity index (χ1n) is 7.63. The predicted molar refractivity (Wildman–Crippen MR) is 84.7 cm³/mol. The van der Waals surface area contributed by atoms with Crippen LogP contribution in [0, 0.1) is 16.7 Å². The molecule has 2 aliphatic carbocycles. The van der Waals surface area contributed by atoms with Gasteiger partial charge in [0.05, 0.1) is 11.3 Å². The number of hydrogen-bond acceptors (Lipinski definition) is 3. The van der Waals surface area contributed by atoms with Crippen molar-refractivity contribution >= 4 is 17.4 Å². The molecule has 0 spiro atoms. The standard InChI is InChI=1S/C18H21NO3/c1-17(2)13-8-9-18(17,3)15(20)12(13)10-19-14-7-5-4-6-11(14)16(21)22/h4-7,10,13,19H,8-9H2,1-3H3,(H,21,22)/b12-10+/t13-,18-/m1/s1. The summed E-state index contributed by atoms with van der Waals surface area (Å²) in [5.41, 5.74) is 1.20. The fourth-order valence-electron chi connectivity index (χ4n) is 4.04. The normalized spacial score (nSPS) is 30.8. The number of ketones is 1. The van der Waals surface area contributed by atoms with Gasteiger partial charge in [-0.05, 0) is 36.3 Å². The molecular weight excluding hydrogens is 278 g/mol. The number of para-hydroxylation sites is 1. The number of hydrogen-bond donors (Lipinski definition) is 2. The number of nitrogens with one attached hydrogen (secondary N) is 1. The van der Waals surface area contributed by atoms with E-state index in [-0.39, 0.29) is 28.1 Å². The van der Waals surface area contributed by atoms with Crippen molar-refractivity contribution in [1.82, 2.24) is 0 Å². The third-order valence-electron chi connectivity index (χ3n) is 5.91. The zero-order chi connectivity index (χ0) is 16.1. The van der Waals surface area contributed by atoms with Crippen molar-refractivity contribution in [1.29, 1.82) is 0 Å². The molecule has 2 N–H and O–H groups in total. The van der Waals surface area contributed by atoms with Crippen LogP contribution in [0.25, 0.3) is 0 Å². The van der Waals surface area contributed by atoms with Crippen LogP contribution in [0.3, 0.4) is 0 Å². The number of Topliss-reactive ketones (excluding diaryl/α,β-unsaturated/α-hetero) is 1. The van der Waals surface area contributed by atoms with E-state index in [0.717, 1.165) is 18.4 Å². The zero-order valence-corrected chi connectivity index (χ0v) is 13.1. The number of carboxylic acids is 1. The second kappa shape index (κ2) is 4.70. The molecule has 4 heteroatoms. The van der Waals surface area contributed by atoms with Crippen LogP contribution >= 0.6 is 0 Å². The predicted octanol–water partition coefficient (Wildman–Crippen LogP) is 3.71. The number of carbonyl (C=O) groups is 2. The van der Waals surface area contributed by atoms with Crippen LogP contribution in [0.5, 0.6) is 0 Å². The maximum Gasteiger partial charge on any atom is 0.337 e. The number of anilines is 1. The molecule has 4 nitrogen and oxygen atoms in total. The van der Waals surface area contributed by atoms with E-state index in [1.165, 1.54) is 0 Å². The Morgan fingerprint density at radius 2 is 2.00 bits per heavy atom. The zero-order valence-electron chi connectivity index (χ0n) is 13.1. The van der Waals surface area contributed by atoms with Gasteiger partial charge >= 0.3 is 5.97 Å². The van der Waals surface area contributed by atoms with Crippen LogP contribution in [0.1, 0.15) is 44.0 Å². The largest absolute Gasteiger partial charge is 0.478 e. The summed E-state index contributed by atoms with van der Waals surface area (Å²) in [7, 11) is 0. The van der Waals surface area contributed by atoms with Crippen molar-refractivity contribution < 1.29 is 14.7 Å². The lowest BCUT2D eigenvalue weighted by Gasteiger charge is -2.31. The van der Waals surface area contributed by atoms with Crippen molar-refractivity contribution in [2.75, 3.05) is 5.32 Å². The summed E-state index contributed by atoms with van der Waals surface area (Å²) >= 11 is 0. The van der Waals surface area contributed by atoms with Crippen LogP contribution in [0.2, 0.25) is 0 Å². The van der Waals surface area contributed by atoms with Gasteiger partial charge in [-0.1, -0.05) is 32.9 Å². The Morgan fingerprint density at radius 1 is 1.32 bits per heavy atom. The Balaban J connectivity index is 1.93. The second-order valence-electron chi connectivity index (χ2n) is 7.07. The van der Waals surface area contributed by atoms with Crippen LogP contribution in [0.4, 0.5) is 5.69 Å². The van der Waals surface area contributed by atoms with Crippen molar-refractivity contribution in [3.05, 3.63) is 41.6 Å². The minimum atomic E-state index is -0.979. The Kier molecular flexibility index (Phi) is 3.17. The maximum atomic E-state index is 12.7. The lowest BCUT2D eigenvalue weighted by atomic mass is 9.70. The van der Waals surface area contributed by atoms with Crippen molar-refractivity contribution in [3.8, 4) is 0 Å². The van der Waals surface area contributed by atoms with E-state index in [0.29, 0.717) is 5.69 Å². The average molecular weight is 299 g/mol. The maximum absolute atomic E-state index is 12.7. The molecule has 22 heavy (non-hydrogen) atoms. The highest BCUT2D eigenvalue weighted by Crippen LogP contribution is 2.65. The summed E-state index contributed by atoms with van der Waals surface area (Å²) in [6, 6.07) is 6.73. The highest BCUT2D eigenvalue weighted by Gasteiger charge is 2.63. The van der Waals surface area contributed by atoms with Gasteiger partial charge in [0, 0.05) is 17.2 Å². The molecule has 2 saturated carbocycles. The second-order valence-corrected chi connectivity index (χ2v) is 7.07. The highest BCUT2D eigenvalue weighted by atomic mass is 16.4. The Hall–Kier alpha value is -2.10. The van der Waals surface area contributed by atoms with Crippen molar-refractivity contribution in [2.45, 2.75) is 33.6 Å². The van der Waals surface area contributed by atoms with E-state index >= 15 is 0 Å². The van der Waals surface area contributed by atoms with Gasteiger partial charge in [0.15, 0.2) is 5.78 Å². The molecule has 1 aromatic rings. The summed E-state index contributed by atoms with van der Waals surface area (Å²) in [6.45, 7) is 6.38. The lowest BCUT2D eigenvalue weighted by molar-refractivity contribution is -0.125. The molecule has 3 rings (SSSR count). The SMILES string of the molecule is CC1(C)[C@@H]2CC[C@]1(C)C(=O)/C2=C/Nc1ccccc1C(=O)O. The fourth-order valence-corrected chi connectivity index (χ4v) is 4.04. The molecule has 2 fully saturated rings. The van der Waals surface area contributed by atoms with Gasteiger partial charge in [-0.25, -0.2) is 4.79 Å². The molecule has 2 atom stereocenters. The number of allylic oxidation sites excluding steroid dienone is 1. The molecule has 0 amide bonds. The van der Waals surface area contributed by atoms with Gasteiger partial charge in [-0.15, -0.1) is 0 Å². The van der Waals surface area contributed by atoms with Gasteiger partial charge in [-0.2, -0.15) is 0 Å². The monoisotopic (exact) mass is 299 g/mol. The summed E-state index contributed by atoms with van der Waals surface area (Å²) < 4.78 is 0. The molecular formula is C18H21NO3. The van der Waals surface area contributed by atoms with E-state index in [1.807, 2.05) is 0 Å². The van der Waals surface area contributed by atoms with Gasteiger partial charge < -0.3 is 10.4 Å². The molecule has 116 valence electrons. The van der Waals surface area contributed by atoms with Gasteiger partial charge in [-0.3, -0.25) is 4.79 Å². The van der Waals surface area contributed by atoms with Crippen LogP contribution in [-0.2, 0) is 4.79 Å². The van der Waals surface area contributed by atoms with Gasteiger partial charge in [0.25, 0.3) is 0 Å². The number of carbonyl (C=O) groups excluding carboxylic acids is 1. The van der Waals surface area contributed by atoms with E-state index in [9.17, 15) is 14.7 Å². The molecule has 2 aliphatic rings. The van der Waals surface area contributed by atoms with Gasteiger partial charge in [0.2, 0.25) is 0 Å². The van der Waals surface area contributed by atoms with E-state index < -0.39 is 5.97 Å². The van der Waals surface area contributed by atoms with E-state index in [2.05, 4.69) is 26.1 Å². The van der Waals surface area contributed by atoms with E-state index in [4.69, 9.17) is 0 Å². The number of carboxylic acid groups (broad SMARTS) is 1. The average Bonchev–Trinajstić information content (AvgIpc) is 2.78. The Bertz CT molecular complexity index is 689. The third-order valence-corrected chi connectivity index (χ3v) is 5.91. The number of fused-ring (bicyclic) bond motifs is 2. The van der Waals surface area contributed by atoms with Crippen LogP contribution in [-0.4, -0.2) is 16.9 Å². The Morgan fingerprint density at radius 3 is 2.59 bits per heavy atom. The third kappa shape index (κ3) is 1.83. The topological polar surface area (TPSA) is 66.4 Å². The van der Waals surface area contributed by atoms with Crippen molar-refractivity contribution in [2.24, 2.45) is 16.7 Å². The molecule has 0 heterocycles. The molecule has 1 aromatic carbocycles. The summed E-state index contributed by atoms with van der Waals surface area (Å²) in [6.07, 6.45) is 3.68. The highest BCUT2D eigenvalue weighted by molar-refractivity contribution is 6.05. The first kappa shape index (κ1) is 14.8. The number of aromatic carboxylic acids is 1. The fraction of sp³-hybridized carbons (Fsp3) is 0.444. The van der Waals surface area contributed by atoms with Crippen LogP contribution < -0.4 is 5.32 Å². The summed E-state index contributed by atoms with van der Waals surface area (Å²) in [5, 5.41) is 12.3. The summed E-state index contributed by atoms with van der Waals surface area (Å²) in [4.78, 5) is 24.0. The molecule has 0 radical (unpaired) electrons. The molecule has 0 aliphatic heterocycles. The molecule has 0 aromatic heterocycles. The van der Waals surface area contributed by atoms with Crippen molar-refractivity contribution in [3.63, 3.8) is 0 Å². The molecule has 0 saturated heterocycles. The molecule has 0 unspecified atom stereocenters. The minimum absolute atomic E-state index is 0.0378. The number of rotatable bonds is 3. The molecule has 2 bridgehead atoms. The van der Waals surface area contributed by atoms with Crippen LogP contribution in [0.15, 0.2) is 36.0 Å². The smallest absolute Gasteiger partial charge is 0.337 e. The first-order chi connectivity index (χ1) is 10.3. The van der Waals surface area contributed by atoms with E-state index in [1.54, 1.807) is 30.5 Å². The quantitative estimate of drug-likeness (QED) is 0.835. The minimum Gasteiger partial charge on any atom is -0.478 e. The Labute approximate surface area is 130 Å². The first-order valence-corrected chi connectivity index (χ1v) is 7.63. The van der Waals surface area contributed by atoms with Gasteiger partial charge in [0.1, 0.15) is 0 Å². The lowest BCUT2D eigenvalue weighted by Crippen LogP contribution is -2.32.